The molecule has 11 heteroatoms. The van der Waals surface area contributed by atoms with Crippen LogP contribution in [-0.4, -0.2) is 22.9 Å². The van der Waals surface area contributed by atoms with Crippen LogP contribution in [0, 0.1) is 17.5 Å². The second kappa shape index (κ2) is 8.29. The molecule has 0 saturated heterocycles. The van der Waals surface area contributed by atoms with Gasteiger partial charge in [0, 0.05) is 6.07 Å². The molecule has 0 unspecified atom stereocenters. The van der Waals surface area contributed by atoms with Crippen molar-refractivity contribution in [3.8, 4) is 5.75 Å². The Balaban J connectivity index is 1.67. The highest BCUT2D eigenvalue weighted by molar-refractivity contribution is 7.12. The number of rotatable bonds is 5. The lowest BCUT2D eigenvalue weighted by molar-refractivity contribution is -0.117. The molecular weight excluding hydrogens is 471 g/mol. The Kier molecular flexibility index (Phi) is 5.66. The molecule has 6 nitrogen and oxygen atoms in total. The topological polar surface area (TPSA) is 83.9 Å². The third-order valence-corrected chi connectivity index (χ3v) is 6.06. The van der Waals surface area contributed by atoms with Crippen LogP contribution in [0.1, 0.15) is 31.2 Å². The van der Waals surface area contributed by atoms with Gasteiger partial charge in [-0.2, -0.15) is 0 Å². The van der Waals surface area contributed by atoms with Gasteiger partial charge in [-0.15, -0.1) is 11.3 Å². The summed E-state index contributed by atoms with van der Waals surface area (Å²) in [6.07, 6.45) is -0.297. The van der Waals surface area contributed by atoms with Crippen LogP contribution in [0.15, 0.2) is 35.7 Å². The van der Waals surface area contributed by atoms with Crippen LogP contribution in [0.25, 0.3) is 0 Å². The number of anilines is 1. The minimum atomic E-state index is -1.35. The molecule has 2 aromatic carbocycles. The number of imide groups is 1. The molecular formula is C21H11ClF3NO5S. The number of carbonyl (C=O) groups is 3. The zero-order chi connectivity index (χ0) is 23.2. The number of halogens is 4. The molecule has 2 amide bonds. The Labute approximate surface area is 187 Å². The Morgan fingerprint density at radius 2 is 1.88 bits per heavy atom. The van der Waals surface area contributed by atoms with E-state index in [0.717, 1.165) is 41.7 Å². The van der Waals surface area contributed by atoms with Gasteiger partial charge in [0.25, 0.3) is 5.91 Å². The molecule has 32 heavy (non-hydrogen) atoms. The van der Waals surface area contributed by atoms with Gasteiger partial charge in [0.1, 0.15) is 28.9 Å². The molecule has 4 rings (SSSR count). The summed E-state index contributed by atoms with van der Waals surface area (Å²) in [5.74, 6) is -6.05. The van der Waals surface area contributed by atoms with Gasteiger partial charge >= 0.3 is 5.97 Å². The van der Waals surface area contributed by atoms with Crippen molar-refractivity contribution in [1.82, 2.24) is 0 Å². The van der Waals surface area contributed by atoms with Crippen molar-refractivity contribution < 1.29 is 37.4 Å². The third-order valence-electron chi connectivity index (χ3n) is 4.75. The molecule has 1 N–H and O–H groups in total. The maximum atomic E-state index is 14.6. The summed E-state index contributed by atoms with van der Waals surface area (Å²) in [7, 11) is 0. The third kappa shape index (κ3) is 3.71. The second-order valence-electron chi connectivity index (χ2n) is 6.70. The zero-order valence-electron chi connectivity index (χ0n) is 15.8. The molecule has 0 bridgehead atoms. The monoisotopic (exact) mass is 481 g/mol. The summed E-state index contributed by atoms with van der Waals surface area (Å²) >= 11 is 6.44. The SMILES string of the molecule is O=C(O)c1scc2c1C(=O)N(c1cc(OCc3c(F)ccc(Cl)c3F)ccc1F)C(=O)C2. The summed E-state index contributed by atoms with van der Waals surface area (Å²) in [4.78, 5) is 37.2. The zero-order valence-corrected chi connectivity index (χ0v) is 17.4. The fourth-order valence-corrected chi connectivity index (χ4v) is 4.31. The average Bonchev–Trinajstić information content (AvgIpc) is 3.17. The fourth-order valence-electron chi connectivity index (χ4n) is 3.24. The largest absolute Gasteiger partial charge is 0.489 e. The molecule has 164 valence electrons. The smallest absolute Gasteiger partial charge is 0.346 e. The van der Waals surface area contributed by atoms with Crippen molar-refractivity contribution in [2.24, 2.45) is 0 Å². The van der Waals surface area contributed by atoms with Gasteiger partial charge in [-0.3, -0.25) is 9.59 Å². The number of carboxylic acid groups (broad SMARTS) is 1. The van der Waals surface area contributed by atoms with E-state index in [1.54, 1.807) is 0 Å². The van der Waals surface area contributed by atoms with Gasteiger partial charge in [0.2, 0.25) is 5.91 Å². The molecule has 0 fully saturated rings. The van der Waals surface area contributed by atoms with E-state index in [9.17, 15) is 32.7 Å². The van der Waals surface area contributed by atoms with Crippen LogP contribution < -0.4 is 9.64 Å². The summed E-state index contributed by atoms with van der Waals surface area (Å²) in [5.41, 5.74) is -0.866. The number of hydrogen-bond acceptors (Lipinski definition) is 5. The highest BCUT2D eigenvalue weighted by atomic mass is 35.5. The first-order valence-electron chi connectivity index (χ1n) is 8.94. The number of fused-ring (bicyclic) bond motifs is 1. The van der Waals surface area contributed by atoms with E-state index in [-0.39, 0.29) is 33.2 Å². The van der Waals surface area contributed by atoms with E-state index in [4.69, 9.17) is 16.3 Å². The molecule has 0 radical (unpaired) electrons. The first-order valence-corrected chi connectivity index (χ1v) is 10.2. The van der Waals surface area contributed by atoms with E-state index in [2.05, 4.69) is 0 Å². The van der Waals surface area contributed by atoms with Crippen LogP contribution in [-0.2, 0) is 17.8 Å². The number of carboxylic acids is 1. The number of benzene rings is 2. The molecule has 0 spiro atoms. The lowest BCUT2D eigenvalue weighted by atomic mass is 10.0. The first-order chi connectivity index (χ1) is 15.2. The Morgan fingerprint density at radius 1 is 1.16 bits per heavy atom. The van der Waals surface area contributed by atoms with Crippen molar-refractivity contribution in [3.05, 3.63) is 79.8 Å². The Bertz CT molecular complexity index is 1290. The molecule has 1 aromatic heterocycles. The highest BCUT2D eigenvalue weighted by Crippen LogP contribution is 2.34. The normalized spacial score (nSPS) is 13.3. The lowest BCUT2D eigenvalue weighted by Crippen LogP contribution is -2.43. The van der Waals surface area contributed by atoms with E-state index < -0.39 is 53.1 Å². The summed E-state index contributed by atoms with van der Waals surface area (Å²) in [6.45, 7) is -0.594. The van der Waals surface area contributed by atoms with Gasteiger partial charge in [0.05, 0.1) is 28.3 Å². The average molecular weight is 482 g/mol. The van der Waals surface area contributed by atoms with Crippen molar-refractivity contribution in [1.29, 1.82) is 0 Å². The van der Waals surface area contributed by atoms with Gasteiger partial charge < -0.3 is 9.84 Å². The minimum Gasteiger partial charge on any atom is -0.489 e. The maximum absolute atomic E-state index is 14.6. The number of amides is 2. The summed E-state index contributed by atoms with van der Waals surface area (Å²) in [5, 5.41) is 10.4. The van der Waals surface area contributed by atoms with Crippen LogP contribution in [0.2, 0.25) is 5.02 Å². The molecule has 3 aromatic rings. The Morgan fingerprint density at radius 3 is 2.59 bits per heavy atom. The van der Waals surface area contributed by atoms with E-state index in [1.165, 1.54) is 5.38 Å². The van der Waals surface area contributed by atoms with Crippen molar-refractivity contribution in [3.63, 3.8) is 0 Å². The number of hydrogen-bond donors (Lipinski definition) is 1. The van der Waals surface area contributed by atoms with Crippen LogP contribution in [0.5, 0.6) is 5.75 Å². The standard InChI is InChI=1S/C21H11ClF3NO5S/c22-12-2-4-13(23)11(18(12)25)7-31-10-1-3-14(24)15(6-10)26-16(27)5-9-8-32-19(21(29)30)17(9)20(26)28/h1-4,6,8H,5,7H2,(H,29,30). The first kappa shape index (κ1) is 21.8. The van der Waals surface area contributed by atoms with Gasteiger partial charge in [-0.05, 0) is 35.2 Å². The predicted molar refractivity (Wildman–Crippen MR) is 109 cm³/mol. The molecule has 1 aliphatic heterocycles. The van der Waals surface area contributed by atoms with E-state index >= 15 is 0 Å². The molecule has 2 heterocycles. The summed E-state index contributed by atoms with van der Waals surface area (Å²) < 4.78 is 47.8. The molecule has 1 aliphatic rings. The maximum Gasteiger partial charge on any atom is 0.346 e. The van der Waals surface area contributed by atoms with E-state index in [0.29, 0.717) is 4.90 Å². The quantitative estimate of drug-likeness (QED) is 0.417. The molecule has 0 aliphatic carbocycles. The highest BCUT2D eigenvalue weighted by Gasteiger charge is 2.38. The van der Waals surface area contributed by atoms with Gasteiger partial charge in [-0.1, -0.05) is 11.6 Å². The van der Waals surface area contributed by atoms with Crippen molar-refractivity contribution in [2.45, 2.75) is 13.0 Å². The van der Waals surface area contributed by atoms with Gasteiger partial charge in [-0.25, -0.2) is 22.9 Å². The number of thiophene rings is 1. The fraction of sp³-hybridized carbons (Fsp3) is 0.0952. The number of nitrogens with zero attached hydrogens (tertiary/aromatic N) is 1. The van der Waals surface area contributed by atoms with Crippen LogP contribution in [0.3, 0.4) is 0 Å². The second-order valence-corrected chi connectivity index (χ2v) is 7.99. The number of carbonyl (C=O) groups excluding carboxylic acids is 2. The summed E-state index contributed by atoms with van der Waals surface area (Å²) in [6, 6.07) is 5.09. The lowest BCUT2D eigenvalue weighted by Gasteiger charge is -2.26. The predicted octanol–water partition coefficient (Wildman–Crippen LogP) is 4.83. The van der Waals surface area contributed by atoms with Crippen LogP contribution in [0.4, 0.5) is 18.9 Å². The number of ether oxygens (including phenoxy) is 1. The molecule has 0 saturated carbocycles. The Hall–Kier alpha value is -3.37. The van der Waals surface area contributed by atoms with Crippen LogP contribution >= 0.6 is 22.9 Å². The van der Waals surface area contributed by atoms with Gasteiger partial charge in [0.15, 0.2) is 5.82 Å². The van der Waals surface area contributed by atoms with Crippen molar-refractivity contribution >= 4 is 46.4 Å². The van der Waals surface area contributed by atoms with Crippen molar-refractivity contribution in [2.75, 3.05) is 4.90 Å². The minimum absolute atomic E-state index is 0.0876. The van der Waals surface area contributed by atoms with E-state index in [1.807, 2.05) is 0 Å². The molecule has 0 atom stereocenters. The number of aromatic carboxylic acids is 1.